The molecular formula is C12H19NO. The molecular weight excluding hydrogens is 174 g/mol. The maximum Gasteiger partial charge on any atom is 0.137 e. The second-order valence-corrected chi connectivity index (χ2v) is 4.06. The van der Waals surface area contributed by atoms with Gasteiger partial charge in [-0.3, -0.25) is 4.79 Å². The molecule has 0 saturated heterocycles. The lowest BCUT2D eigenvalue weighted by atomic mass is 9.76. The van der Waals surface area contributed by atoms with Crippen molar-refractivity contribution in [3.63, 3.8) is 0 Å². The van der Waals surface area contributed by atoms with Crippen LogP contribution in [-0.4, -0.2) is 12.3 Å². The normalized spacial score (nSPS) is 26.9. The zero-order valence-corrected chi connectivity index (χ0v) is 8.67. The third kappa shape index (κ3) is 2.85. The Balaban J connectivity index is 2.46. The Bertz CT molecular complexity index is 229. The van der Waals surface area contributed by atoms with Crippen molar-refractivity contribution in [2.24, 2.45) is 17.6 Å². The lowest BCUT2D eigenvalue weighted by Crippen LogP contribution is -2.32. The minimum absolute atomic E-state index is 0.196. The molecule has 2 unspecified atom stereocenters. The second-order valence-electron chi connectivity index (χ2n) is 4.06. The zero-order valence-electron chi connectivity index (χ0n) is 8.67. The van der Waals surface area contributed by atoms with Crippen molar-refractivity contribution in [3.8, 4) is 12.3 Å². The summed E-state index contributed by atoms with van der Waals surface area (Å²) >= 11 is 0. The van der Waals surface area contributed by atoms with Gasteiger partial charge in [0.05, 0.1) is 0 Å². The van der Waals surface area contributed by atoms with Crippen LogP contribution in [0.3, 0.4) is 0 Å². The first kappa shape index (κ1) is 11.3. The summed E-state index contributed by atoms with van der Waals surface area (Å²) in [6.45, 7) is 0.645. The molecule has 2 atom stereocenters. The molecule has 0 amide bonds. The van der Waals surface area contributed by atoms with Gasteiger partial charge >= 0.3 is 0 Å². The van der Waals surface area contributed by atoms with Crippen molar-refractivity contribution in [1.29, 1.82) is 0 Å². The molecule has 2 N–H and O–H groups in total. The molecule has 2 nitrogen and oxygen atoms in total. The van der Waals surface area contributed by atoms with E-state index in [1.807, 2.05) is 0 Å². The average Bonchev–Trinajstić information content (AvgIpc) is 2.25. The van der Waals surface area contributed by atoms with Crippen LogP contribution in [-0.2, 0) is 4.79 Å². The van der Waals surface area contributed by atoms with Crippen LogP contribution < -0.4 is 5.73 Å². The first-order chi connectivity index (χ1) is 6.79. The van der Waals surface area contributed by atoms with Crippen LogP contribution >= 0.6 is 0 Å². The molecule has 0 heterocycles. The van der Waals surface area contributed by atoms with Gasteiger partial charge in [0.1, 0.15) is 5.78 Å². The Kier molecular flexibility index (Phi) is 4.69. The molecule has 78 valence electrons. The van der Waals surface area contributed by atoms with E-state index in [0.29, 0.717) is 31.1 Å². The van der Waals surface area contributed by atoms with Gasteiger partial charge in [-0.1, -0.05) is 12.8 Å². The lowest BCUT2D eigenvalue weighted by molar-refractivity contribution is -0.125. The van der Waals surface area contributed by atoms with Crippen molar-refractivity contribution >= 4 is 5.78 Å². The third-order valence-corrected chi connectivity index (χ3v) is 3.14. The minimum atomic E-state index is 0.196. The van der Waals surface area contributed by atoms with Gasteiger partial charge in [0.25, 0.3) is 0 Å². The zero-order chi connectivity index (χ0) is 10.4. The summed E-state index contributed by atoms with van der Waals surface area (Å²) < 4.78 is 0. The Morgan fingerprint density at radius 1 is 1.43 bits per heavy atom. The van der Waals surface area contributed by atoms with E-state index in [0.717, 1.165) is 12.8 Å². The Morgan fingerprint density at radius 3 is 2.79 bits per heavy atom. The highest BCUT2D eigenvalue weighted by Gasteiger charge is 2.28. The second kappa shape index (κ2) is 5.82. The summed E-state index contributed by atoms with van der Waals surface area (Å²) in [7, 11) is 0. The number of nitrogens with two attached hydrogens (primary N) is 1. The predicted octanol–water partition coefficient (Wildman–Crippen LogP) is 1.73. The summed E-state index contributed by atoms with van der Waals surface area (Å²) in [6.07, 6.45) is 10.8. The van der Waals surface area contributed by atoms with Crippen LogP contribution in [0, 0.1) is 24.2 Å². The summed E-state index contributed by atoms with van der Waals surface area (Å²) in [5.41, 5.74) is 5.67. The third-order valence-electron chi connectivity index (χ3n) is 3.14. The van der Waals surface area contributed by atoms with E-state index >= 15 is 0 Å². The highest BCUT2D eigenvalue weighted by atomic mass is 16.1. The maximum absolute atomic E-state index is 11.8. The van der Waals surface area contributed by atoms with Crippen LogP contribution in [0.4, 0.5) is 0 Å². The van der Waals surface area contributed by atoms with Crippen molar-refractivity contribution in [3.05, 3.63) is 0 Å². The van der Waals surface area contributed by atoms with Gasteiger partial charge in [0, 0.05) is 18.8 Å². The predicted molar refractivity (Wildman–Crippen MR) is 57.6 cm³/mol. The number of Topliss-reactive ketones (excluding diaryl/α,β-unsaturated/α-hetero) is 1. The molecule has 1 rings (SSSR count). The number of hydrogen-bond donors (Lipinski definition) is 1. The molecule has 0 aromatic rings. The first-order valence-electron chi connectivity index (χ1n) is 5.45. The Labute approximate surface area is 86.2 Å². The highest BCUT2D eigenvalue weighted by Crippen LogP contribution is 2.30. The number of carbonyl (C=O) groups excluding carboxylic acids is 1. The molecule has 0 bridgehead atoms. The van der Waals surface area contributed by atoms with Gasteiger partial charge in [-0.05, 0) is 25.3 Å². The van der Waals surface area contributed by atoms with Crippen molar-refractivity contribution in [2.75, 3.05) is 6.54 Å². The van der Waals surface area contributed by atoms with Crippen LogP contribution in [0.1, 0.15) is 38.5 Å². The van der Waals surface area contributed by atoms with E-state index in [4.69, 9.17) is 12.2 Å². The van der Waals surface area contributed by atoms with E-state index in [1.54, 1.807) is 0 Å². The molecule has 0 aromatic carbocycles. The number of carbonyl (C=O) groups is 1. The smallest absolute Gasteiger partial charge is 0.137 e. The molecule has 0 aromatic heterocycles. The lowest BCUT2D eigenvalue weighted by Gasteiger charge is -2.29. The highest BCUT2D eigenvalue weighted by molar-refractivity contribution is 5.81. The average molecular weight is 193 g/mol. The molecule has 0 aliphatic heterocycles. The largest absolute Gasteiger partial charge is 0.330 e. The van der Waals surface area contributed by atoms with Crippen molar-refractivity contribution in [2.45, 2.75) is 38.5 Å². The van der Waals surface area contributed by atoms with Gasteiger partial charge in [0.2, 0.25) is 0 Å². The molecule has 1 saturated carbocycles. The van der Waals surface area contributed by atoms with Gasteiger partial charge < -0.3 is 5.73 Å². The quantitative estimate of drug-likeness (QED) is 0.691. The molecule has 14 heavy (non-hydrogen) atoms. The van der Waals surface area contributed by atoms with Crippen LogP contribution in [0.25, 0.3) is 0 Å². The molecule has 2 heteroatoms. The number of terminal acetylenes is 1. The molecule has 1 aliphatic rings. The molecule has 0 spiro atoms. The number of rotatable bonds is 4. The van der Waals surface area contributed by atoms with Crippen molar-refractivity contribution in [1.82, 2.24) is 0 Å². The van der Waals surface area contributed by atoms with E-state index < -0.39 is 0 Å². The van der Waals surface area contributed by atoms with Gasteiger partial charge in [0.15, 0.2) is 0 Å². The fourth-order valence-corrected chi connectivity index (χ4v) is 2.29. The van der Waals surface area contributed by atoms with Crippen LogP contribution in [0.2, 0.25) is 0 Å². The summed E-state index contributed by atoms with van der Waals surface area (Å²) in [5, 5.41) is 0. The summed E-state index contributed by atoms with van der Waals surface area (Å²) in [6, 6.07) is 0. The van der Waals surface area contributed by atoms with E-state index in [-0.39, 0.29) is 5.92 Å². The number of hydrogen-bond acceptors (Lipinski definition) is 2. The molecule has 1 aliphatic carbocycles. The standard InChI is InChI=1S/C12H19NO/c1-2-3-8-12(14)11-7-5-4-6-10(11)9-13/h1,10-11H,3-9,13H2. The fraction of sp³-hybridized carbons (Fsp3) is 0.750. The fourth-order valence-electron chi connectivity index (χ4n) is 2.29. The van der Waals surface area contributed by atoms with Crippen LogP contribution in [0.5, 0.6) is 0 Å². The Hall–Kier alpha value is -0.810. The number of ketones is 1. The van der Waals surface area contributed by atoms with E-state index in [1.165, 1.54) is 12.8 Å². The van der Waals surface area contributed by atoms with Crippen LogP contribution in [0.15, 0.2) is 0 Å². The molecule has 0 radical (unpaired) electrons. The Morgan fingerprint density at radius 2 is 2.14 bits per heavy atom. The monoisotopic (exact) mass is 193 g/mol. The summed E-state index contributed by atoms with van der Waals surface area (Å²) in [4.78, 5) is 11.8. The minimum Gasteiger partial charge on any atom is -0.330 e. The van der Waals surface area contributed by atoms with E-state index in [2.05, 4.69) is 5.92 Å². The van der Waals surface area contributed by atoms with Crippen molar-refractivity contribution < 1.29 is 4.79 Å². The van der Waals surface area contributed by atoms with Gasteiger partial charge in [-0.2, -0.15) is 0 Å². The SMILES string of the molecule is C#CCCC(=O)C1CCCCC1CN. The van der Waals surface area contributed by atoms with Gasteiger partial charge in [-0.15, -0.1) is 12.3 Å². The van der Waals surface area contributed by atoms with E-state index in [9.17, 15) is 4.79 Å². The topological polar surface area (TPSA) is 43.1 Å². The summed E-state index contributed by atoms with van der Waals surface area (Å²) in [5.74, 6) is 3.46. The van der Waals surface area contributed by atoms with Gasteiger partial charge in [-0.25, -0.2) is 0 Å². The first-order valence-corrected chi connectivity index (χ1v) is 5.45. The molecule has 1 fully saturated rings. The maximum atomic E-state index is 11.8.